The second kappa shape index (κ2) is 5.74. The second-order valence-corrected chi connectivity index (χ2v) is 6.16. The number of furan rings is 1. The van der Waals surface area contributed by atoms with Crippen LogP contribution in [0.5, 0.6) is 0 Å². The van der Waals surface area contributed by atoms with Crippen LogP contribution in [0.1, 0.15) is 27.7 Å². The zero-order valence-corrected chi connectivity index (χ0v) is 13.8. The molecule has 3 heterocycles. The van der Waals surface area contributed by atoms with Crippen molar-refractivity contribution in [3.8, 4) is 11.5 Å². The Kier molecular flexibility index (Phi) is 3.25. The lowest BCUT2D eigenvalue weighted by Crippen LogP contribution is -2.29. The summed E-state index contributed by atoms with van der Waals surface area (Å²) in [5.74, 6) is 0.552. The number of rotatable bonds is 3. The van der Waals surface area contributed by atoms with Crippen LogP contribution in [0, 0.1) is 0 Å². The fourth-order valence-electron chi connectivity index (χ4n) is 3.55. The molecule has 0 radical (unpaired) electrons. The number of aromatic nitrogens is 2. The number of anilines is 1. The number of fused-ring (bicyclic) bond motifs is 1. The van der Waals surface area contributed by atoms with Crippen LogP contribution in [0.2, 0.25) is 0 Å². The summed E-state index contributed by atoms with van der Waals surface area (Å²) in [5.41, 5.74) is 3.90. The number of hydrogen-bond donors (Lipinski definition) is 1. The highest BCUT2D eigenvalue weighted by Gasteiger charge is 2.43. The highest BCUT2D eigenvalue weighted by Crippen LogP contribution is 2.44. The van der Waals surface area contributed by atoms with E-state index in [-0.39, 0.29) is 11.9 Å². The van der Waals surface area contributed by atoms with E-state index in [9.17, 15) is 4.79 Å². The molecule has 126 valence electrons. The van der Waals surface area contributed by atoms with E-state index in [1.807, 2.05) is 72.8 Å². The molecular formula is C21H15N3O2. The lowest BCUT2D eigenvalue weighted by Gasteiger charge is -2.26. The molecule has 1 N–H and O–H groups in total. The number of nitrogens with one attached hydrogen (secondary N) is 1. The number of hydrogen-bond acceptors (Lipinski definition) is 3. The van der Waals surface area contributed by atoms with E-state index in [2.05, 4.69) is 10.2 Å². The maximum atomic E-state index is 13.2. The fourth-order valence-corrected chi connectivity index (χ4v) is 3.55. The highest BCUT2D eigenvalue weighted by atomic mass is 16.3. The maximum absolute atomic E-state index is 13.2. The summed E-state index contributed by atoms with van der Waals surface area (Å²) in [6.07, 6.45) is 1.62. The number of carbonyl (C=O) groups excluding carboxylic acids is 1. The van der Waals surface area contributed by atoms with E-state index in [0.717, 1.165) is 22.5 Å². The number of nitrogens with zero attached hydrogens (tertiary/aromatic N) is 2. The molecule has 0 bridgehead atoms. The summed E-state index contributed by atoms with van der Waals surface area (Å²) < 4.78 is 5.56. The number of H-pyrrole nitrogens is 1. The van der Waals surface area contributed by atoms with Crippen molar-refractivity contribution in [2.45, 2.75) is 6.04 Å². The quantitative estimate of drug-likeness (QED) is 0.600. The van der Waals surface area contributed by atoms with Crippen LogP contribution >= 0.6 is 0 Å². The molecule has 0 unspecified atom stereocenters. The first kappa shape index (κ1) is 14.7. The van der Waals surface area contributed by atoms with Gasteiger partial charge < -0.3 is 4.42 Å². The van der Waals surface area contributed by atoms with Gasteiger partial charge >= 0.3 is 0 Å². The number of aromatic amines is 1. The molecule has 26 heavy (non-hydrogen) atoms. The Hall–Kier alpha value is -3.60. The minimum atomic E-state index is -0.264. The lowest BCUT2D eigenvalue weighted by atomic mass is 9.98. The normalized spacial score (nSPS) is 16.1. The molecule has 5 rings (SSSR count). The Morgan fingerprint density at radius 3 is 2.35 bits per heavy atom. The molecule has 0 saturated carbocycles. The Bertz CT molecular complexity index is 1050. The van der Waals surface area contributed by atoms with Crippen LogP contribution < -0.4 is 4.90 Å². The Morgan fingerprint density at radius 2 is 1.65 bits per heavy atom. The van der Waals surface area contributed by atoms with Gasteiger partial charge in [-0.3, -0.25) is 14.8 Å². The molecule has 2 aromatic heterocycles. The number of carbonyl (C=O) groups is 1. The molecule has 1 amide bonds. The third-order valence-electron chi connectivity index (χ3n) is 4.67. The van der Waals surface area contributed by atoms with Crippen LogP contribution in [0.4, 0.5) is 5.69 Å². The molecule has 1 atom stereocenters. The van der Waals surface area contributed by atoms with E-state index in [4.69, 9.17) is 4.42 Å². The minimum Gasteiger partial charge on any atom is -0.463 e. The zero-order chi connectivity index (χ0) is 17.5. The van der Waals surface area contributed by atoms with Crippen LogP contribution in [-0.2, 0) is 0 Å². The Balaban J connectivity index is 1.75. The average Bonchev–Trinajstić information content (AvgIpc) is 3.40. The van der Waals surface area contributed by atoms with Crippen molar-refractivity contribution in [3.05, 3.63) is 95.9 Å². The SMILES string of the molecule is O=C1c2n[nH]c(-c3ccco3)c2[C@@H](c2ccccc2)N1c1ccccc1. The molecule has 4 aromatic rings. The van der Waals surface area contributed by atoms with Crippen LogP contribution in [0.15, 0.2) is 83.5 Å². The molecule has 0 aliphatic carbocycles. The summed E-state index contributed by atoms with van der Waals surface area (Å²) in [5, 5.41) is 7.30. The van der Waals surface area contributed by atoms with Gasteiger partial charge in [0.15, 0.2) is 11.5 Å². The van der Waals surface area contributed by atoms with Gasteiger partial charge in [0.05, 0.1) is 12.3 Å². The third kappa shape index (κ3) is 2.10. The summed E-state index contributed by atoms with van der Waals surface area (Å²) in [7, 11) is 0. The van der Waals surface area contributed by atoms with E-state index < -0.39 is 0 Å². The first-order chi connectivity index (χ1) is 12.8. The van der Waals surface area contributed by atoms with E-state index in [1.165, 1.54) is 0 Å². The predicted octanol–water partition coefficient (Wildman–Crippen LogP) is 4.42. The number of para-hydroxylation sites is 1. The Labute approximate surface area is 149 Å². The van der Waals surface area contributed by atoms with Gasteiger partial charge in [0.2, 0.25) is 0 Å². The molecule has 2 aromatic carbocycles. The molecule has 5 nitrogen and oxygen atoms in total. The van der Waals surface area contributed by atoms with Gasteiger partial charge in [-0.2, -0.15) is 5.10 Å². The van der Waals surface area contributed by atoms with Crippen molar-refractivity contribution in [2.24, 2.45) is 0 Å². The molecular weight excluding hydrogens is 326 g/mol. The maximum Gasteiger partial charge on any atom is 0.280 e. The standard InChI is InChI=1S/C21H15N3O2/c25-21-19-17(18(22-23-19)16-12-7-13-26-16)20(14-8-3-1-4-9-14)24(21)15-10-5-2-6-11-15/h1-13,20H,(H,22,23)/t20-/m1/s1. The van der Waals surface area contributed by atoms with Gasteiger partial charge in [-0.25, -0.2) is 0 Å². The third-order valence-corrected chi connectivity index (χ3v) is 4.67. The van der Waals surface area contributed by atoms with Gasteiger partial charge in [0.1, 0.15) is 5.69 Å². The summed E-state index contributed by atoms with van der Waals surface area (Å²) in [4.78, 5) is 15.0. The molecule has 1 aliphatic rings. The molecule has 1 aliphatic heterocycles. The van der Waals surface area contributed by atoms with E-state index in [1.54, 1.807) is 11.2 Å². The van der Waals surface area contributed by atoms with E-state index >= 15 is 0 Å². The molecule has 0 spiro atoms. The highest BCUT2D eigenvalue weighted by molar-refractivity contribution is 6.11. The topological polar surface area (TPSA) is 62.1 Å². The second-order valence-electron chi connectivity index (χ2n) is 6.16. The molecule has 5 heteroatoms. The van der Waals surface area contributed by atoms with Crippen molar-refractivity contribution in [1.82, 2.24) is 10.2 Å². The Morgan fingerprint density at radius 1 is 0.923 bits per heavy atom. The van der Waals surface area contributed by atoms with Crippen molar-refractivity contribution in [3.63, 3.8) is 0 Å². The van der Waals surface area contributed by atoms with Crippen LogP contribution in [-0.4, -0.2) is 16.1 Å². The van der Waals surface area contributed by atoms with Crippen molar-refractivity contribution in [1.29, 1.82) is 0 Å². The van der Waals surface area contributed by atoms with Gasteiger partial charge in [-0.1, -0.05) is 48.5 Å². The average molecular weight is 341 g/mol. The first-order valence-corrected chi connectivity index (χ1v) is 8.40. The first-order valence-electron chi connectivity index (χ1n) is 8.40. The van der Waals surface area contributed by atoms with Crippen molar-refractivity contribution < 1.29 is 9.21 Å². The number of benzene rings is 2. The summed E-state index contributed by atoms with van der Waals surface area (Å²) in [6.45, 7) is 0. The van der Waals surface area contributed by atoms with Gasteiger partial charge in [-0.15, -0.1) is 0 Å². The number of amides is 1. The molecule has 0 fully saturated rings. The van der Waals surface area contributed by atoms with Crippen LogP contribution in [0.25, 0.3) is 11.5 Å². The van der Waals surface area contributed by atoms with Gasteiger partial charge in [0.25, 0.3) is 5.91 Å². The lowest BCUT2D eigenvalue weighted by molar-refractivity contribution is 0.0989. The predicted molar refractivity (Wildman–Crippen MR) is 97.8 cm³/mol. The minimum absolute atomic E-state index is 0.117. The smallest absolute Gasteiger partial charge is 0.280 e. The summed E-state index contributed by atoms with van der Waals surface area (Å²) >= 11 is 0. The zero-order valence-electron chi connectivity index (χ0n) is 13.8. The summed E-state index contributed by atoms with van der Waals surface area (Å²) in [6, 6.07) is 23.1. The van der Waals surface area contributed by atoms with Crippen molar-refractivity contribution in [2.75, 3.05) is 4.90 Å². The molecule has 0 saturated heterocycles. The van der Waals surface area contributed by atoms with Gasteiger partial charge in [0, 0.05) is 11.3 Å². The van der Waals surface area contributed by atoms with E-state index in [0.29, 0.717) is 11.5 Å². The fraction of sp³-hybridized carbons (Fsp3) is 0.0476. The van der Waals surface area contributed by atoms with Crippen LogP contribution in [0.3, 0.4) is 0 Å². The van der Waals surface area contributed by atoms with Gasteiger partial charge in [-0.05, 0) is 29.8 Å². The monoisotopic (exact) mass is 341 g/mol. The largest absolute Gasteiger partial charge is 0.463 e. The van der Waals surface area contributed by atoms with Crippen molar-refractivity contribution >= 4 is 11.6 Å².